The van der Waals surface area contributed by atoms with Crippen molar-refractivity contribution in [3.8, 4) is 0 Å². The second-order valence-electron chi connectivity index (χ2n) is 5.80. The molecule has 3 nitrogen and oxygen atoms in total. The molecule has 0 saturated heterocycles. The van der Waals surface area contributed by atoms with Crippen molar-refractivity contribution in [2.75, 3.05) is 6.54 Å². The van der Waals surface area contributed by atoms with Crippen molar-refractivity contribution in [2.45, 2.75) is 25.3 Å². The summed E-state index contributed by atoms with van der Waals surface area (Å²) in [4.78, 5) is 13.5. The molecule has 1 aromatic carbocycles. The van der Waals surface area contributed by atoms with E-state index in [2.05, 4.69) is 45.6 Å². The second kappa shape index (κ2) is 8.50. The molecule has 0 aliphatic heterocycles. The number of hydrogen-bond donors (Lipinski definition) is 1. The fourth-order valence-electron chi connectivity index (χ4n) is 2.80. The first-order valence-electron chi connectivity index (χ1n) is 8.29. The van der Waals surface area contributed by atoms with Crippen molar-refractivity contribution >= 4 is 17.2 Å². The zero-order valence-corrected chi connectivity index (χ0v) is 14.4. The van der Waals surface area contributed by atoms with Gasteiger partial charge in [-0.25, -0.2) is 0 Å². The maximum atomic E-state index is 12.3. The third kappa shape index (κ3) is 4.59. The smallest absolute Gasteiger partial charge is 0.222 e. The highest BCUT2D eigenvalue weighted by Gasteiger charge is 2.17. The third-order valence-electron chi connectivity index (χ3n) is 4.04. The largest absolute Gasteiger partial charge is 0.356 e. The van der Waals surface area contributed by atoms with E-state index in [-0.39, 0.29) is 11.9 Å². The van der Waals surface area contributed by atoms with Crippen LogP contribution < -0.4 is 5.32 Å². The van der Waals surface area contributed by atoms with Gasteiger partial charge in [-0.1, -0.05) is 36.4 Å². The molecule has 3 aromatic rings. The molecule has 0 bridgehead atoms. The first-order chi connectivity index (χ1) is 11.8. The minimum absolute atomic E-state index is 0.0779. The van der Waals surface area contributed by atoms with E-state index in [0.29, 0.717) is 6.42 Å². The lowest BCUT2D eigenvalue weighted by atomic mass is 10.1. The highest BCUT2D eigenvalue weighted by Crippen LogP contribution is 2.26. The number of amides is 1. The molecule has 4 heteroatoms. The van der Waals surface area contributed by atoms with E-state index in [1.807, 2.05) is 36.7 Å². The molecule has 0 fully saturated rings. The van der Waals surface area contributed by atoms with Crippen LogP contribution in [0.5, 0.6) is 0 Å². The monoisotopic (exact) mass is 338 g/mol. The normalized spacial score (nSPS) is 12.0. The average Bonchev–Trinajstić information content (AvgIpc) is 3.31. The Balaban J connectivity index is 1.49. The molecule has 0 spiro atoms. The predicted octanol–water partition coefficient (Wildman–Crippen LogP) is 4.28. The van der Waals surface area contributed by atoms with Crippen LogP contribution in [0.3, 0.4) is 0 Å². The van der Waals surface area contributed by atoms with Crippen LogP contribution in [0.2, 0.25) is 0 Å². The summed E-state index contributed by atoms with van der Waals surface area (Å²) in [5.41, 5.74) is 1.32. The first-order valence-corrected chi connectivity index (χ1v) is 9.17. The van der Waals surface area contributed by atoms with Crippen molar-refractivity contribution in [2.24, 2.45) is 0 Å². The Bertz CT molecular complexity index is 686. The quantitative estimate of drug-likeness (QED) is 0.611. The summed E-state index contributed by atoms with van der Waals surface area (Å²) < 4.78 is 2.11. The topological polar surface area (TPSA) is 34.0 Å². The second-order valence-corrected chi connectivity index (χ2v) is 6.78. The minimum Gasteiger partial charge on any atom is -0.356 e. The Kier molecular flexibility index (Phi) is 5.85. The number of rotatable bonds is 8. The molecule has 2 aromatic heterocycles. The fourth-order valence-corrected chi connectivity index (χ4v) is 3.64. The van der Waals surface area contributed by atoms with E-state index in [0.717, 1.165) is 19.4 Å². The van der Waals surface area contributed by atoms with Gasteiger partial charge in [0, 0.05) is 23.8 Å². The molecule has 0 aliphatic carbocycles. The highest BCUT2D eigenvalue weighted by atomic mass is 32.1. The highest BCUT2D eigenvalue weighted by molar-refractivity contribution is 7.10. The number of nitrogens with zero attached hydrogens (tertiary/aromatic N) is 1. The maximum absolute atomic E-state index is 12.3. The molecule has 24 heavy (non-hydrogen) atoms. The lowest BCUT2D eigenvalue weighted by molar-refractivity contribution is -0.121. The number of aryl methyl sites for hydroxylation is 1. The fraction of sp³-hybridized carbons (Fsp3) is 0.250. The number of carbonyl (C=O) groups is 1. The van der Waals surface area contributed by atoms with Gasteiger partial charge in [-0.15, -0.1) is 11.3 Å². The van der Waals surface area contributed by atoms with Crippen LogP contribution in [0.4, 0.5) is 0 Å². The van der Waals surface area contributed by atoms with Crippen molar-refractivity contribution in [3.63, 3.8) is 0 Å². The summed E-state index contributed by atoms with van der Waals surface area (Å²) >= 11 is 1.70. The number of thiophene rings is 1. The van der Waals surface area contributed by atoms with Crippen molar-refractivity contribution in [1.82, 2.24) is 9.88 Å². The SMILES string of the molecule is O=C(C[C@H](c1cccs1)n1cccc1)NCCCc1ccccc1. The Morgan fingerprint density at radius 3 is 2.54 bits per heavy atom. The van der Waals surface area contributed by atoms with Crippen LogP contribution >= 0.6 is 11.3 Å². The van der Waals surface area contributed by atoms with Gasteiger partial charge < -0.3 is 9.88 Å². The Morgan fingerprint density at radius 1 is 1.04 bits per heavy atom. The number of carbonyl (C=O) groups excluding carboxylic acids is 1. The molecule has 0 saturated carbocycles. The Hall–Kier alpha value is -2.33. The number of hydrogen-bond acceptors (Lipinski definition) is 2. The summed E-state index contributed by atoms with van der Waals surface area (Å²) in [7, 11) is 0. The van der Waals surface area contributed by atoms with Crippen molar-refractivity contribution in [3.05, 3.63) is 82.8 Å². The zero-order valence-electron chi connectivity index (χ0n) is 13.6. The Labute approximate surface area is 147 Å². The maximum Gasteiger partial charge on any atom is 0.222 e. The number of benzene rings is 1. The molecule has 1 N–H and O–H groups in total. The van der Waals surface area contributed by atoms with Gasteiger partial charge in [0.05, 0.1) is 12.5 Å². The van der Waals surface area contributed by atoms with E-state index < -0.39 is 0 Å². The first kappa shape index (κ1) is 16.5. The molecular formula is C20H22N2OS. The van der Waals surface area contributed by atoms with E-state index >= 15 is 0 Å². The molecule has 0 radical (unpaired) electrons. The minimum atomic E-state index is 0.0779. The summed E-state index contributed by atoms with van der Waals surface area (Å²) in [6, 6.07) is 18.6. The van der Waals surface area contributed by atoms with E-state index in [1.54, 1.807) is 11.3 Å². The van der Waals surface area contributed by atoms with Crippen LogP contribution in [-0.4, -0.2) is 17.0 Å². The van der Waals surface area contributed by atoms with Crippen LogP contribution in [0.15, 0.2) is 72.4 Å². The number of aromatic nitrogens is 1. The van der Waals surface area contributed by atoms with E-state index in [9.17, 15) is 4.79 Å². The predicted molar refractivity (Wildman–Crippen MR) is 99.3 cm³/mol. The van der Waals surface area contributed by atoms with Crippen LogP contribution in [0, 0.1) is 0 Å². The molecule has 124 valence electrons. The van der Waals surface area contributed by atoms with Gasteiger partial charge in [0.2, 0.25) is 5.91 Å². The van der Waals surface area contributed by atoms with Crippen LogP contribution in [-0.2, 0) is 11.2 Å². The standard InChI is InChI=1S/C20H22N2OS/c23-20(21-12-6-10-17-8-2-1-3-9-17)16-18(19-11-7-15-24-19)22-13-4-5-14-22/h1-5,7-9,11,13-15,18H,6,10,12,16H2,(H,21,23)/t18-/m1/s1. The average molecular weight is 338 g/mol. The van der Waals surface area contributed by atoms with Crippen LogP contribution in [0.1, 0.15) is 29.3 Å². The van der Waals surface area contributed by atoms with Crippen molar-refractivity contribution < 1.29 is 4.79 Å². The van der Waals surface area contributed by atoms with Gasteiger partial charge in [-0.2, -0.15) is 0 Å². The van der Waals surface area contributed by atoms with E-state index in [4.69, 9.17) is 0 Å². The van der Waals surface area contributed by atoms with Gasteiger partial charge in [0.1, 0.15) is 0 Å². The zero-order chi connectivity index (χ0) is 16.6. The lowest BCUT2D eigenvalue weighted by Crippen LogP contribution is -2.27. The van der Waals surface area contributed by atoms with Gasteiger partial charge in [-0.3, -0.25) is 4.79 Å². The number of nitrogens with one attached hydrogen (secondary N) is 1. The molecule has 1 atom stereocenters. The van der Waals surface area contributed by atoms with E-state index in [1.165, 1.54) is 10.4 Å². The molecule has 0 unspecified atom stereocenters. The molecule has 3 rings (SSSR count). The van der Waals surface area contributed by atoms with Crippen molar-refractivity contribution in [1.29, 1.82) is 0 Å². The molecule has 0 aliphatic rings. The summed E-state index contributed by atoms with van der Waals surface area (Å²) in [6.07, 6.45) is 6.47. The van der Waals surface area contributed by atoms with Gasteiger partial charge in [-0.05, 0) is 42.0 Å². The summed E-state index contributed by atoms with van der Waals surface area (Å²) in [5, 5.41) is 5.12. The summed E-state index contributed by atoms with van der Waals surface area (Å²) in [6.45, 7) is 0.719. The molecular weight excluding hydrogens is 316 g/mol. The summed E-state index contributed by atoms with van der Waals surface area (Å²) in [5.74, 6) is 0.107. The van der Waals surface area contributed by atoms with Gasteiger partial charge in [0.15, 0.2) is 0 Å². The molecule has 2 heterocycles. The molecule has 1 amide bonds. The van der Waals surface area contributed by atoms with Gasteiger partial charge in [0.25, 0.3) is 0 Å². The van der Waals surface area contributed by atoms with Gasteiger partial charge >= 0.3 is 0 Å². The Morgan fingerprint density at radius 2 is 1.83 bits per heavy atom. The lowest BCUT2D eigenvalue weighted by Gasteiger charge is -2.17. The third-order valence-corrected chi connectivity index (χ3v) is 5.02. The van der Waals surface area contributed by atoms with Crippen LogP contribution in [0.25, 0.3) is 0 Å².